The topological polar surface area (TPSA) is 68.0 Å². The normalized spacial score (nSPS) is 11.6. The van der Waals surface area contributed by atoms with Gasteiger partial charge in [-0.15, -0.1) is 0 Å². The number of aryl methyl sites for hydroxylation is 1. The summed E-state index contributed by atoms with van der Waals surface area (Å²) in [6, 6.07) is 9.64. The summed E-state index contributed by atoms with van der Waals surface area (Å²) in [7, 11) is 0. The van der Waals surface area contributed by atoms with Crippen LogP contribution in [0.15, 0.2) is 30.3 Å². The molecule has 2 rings (SSSR count). The third-order valence-electron chi connectivity index (χ3n) is 3.81. The van der Waals surface area contributed by atoms with Gasteiger partial charge in [0.2, 0.25) is 5.91 Å². The van der Waals surface area contributed by atoms with Gasteiger partial charge in [0.1, 0.15) is 0 Å². The number of nitrogens with two attached hydrogens (primary N) is 1. The number of carbonyl (C=O) groups excluding carboxylic acids is 1. The number of aromatic nitrogens is 1. The fourth-order valence-electron chi connectivity index (χ4n) is 2.23. The van der Waals surface area contributed by atoms with E-state index in [0.717, 1.165) is 22.3 Å². The van der Waals surface area contributed by atoms with Crippen molar-refractivity contribution >= 4 is 22.5 Å². The molecule has 0 atom stereocenters. The highest BCUT2D eigenvalue weighted by Crippen LogP contribution is 2.24. The van der Waals surface area contributed by atoms with E-state index in [1.807, 2.05) is 51.1 Å². The quantitative estimate of drug-likeness (QED) is 0.898. The lowest BCUT2D eigenvalue weighted by atomic mass is 9.93. The fraction of sp³-hybridized carbons (Fsp3) is 0.375. The van der Waals surface area contributed by atoms with E-state index in [2.05, 4.69) is 10.3 Å². The van der Waals surface area contributed by atoms with Gasteiger partial charge in [0.05, 0.1) is 16.7 Å². The first-order valence-electron chi connectivity index (χ1n) is 6.97. The number of rotatable bonds is 4. The molecular formula is C16H21N3O. The van der Waals surface area contributed by atoms with Crippen LogP contribution in [-0.4, -0.2) is 16.4 Å². The molecule has 4 heteroatoms. The molecule has 2 aromatic rings. The maximum atomic E-state index is 12.4. The molecule has 1 heterocycles. The van der Waals surface area contributed by atoms with Crippen molar-refractivity contribution in [3.63, 3.8) is 0 Å². The summed E-state index contributed by atoms with van der Waals surface area (Å²) in [5.41, 5.74) is 7.84. The van der Waals surface area contributed by atoms with Gasteiger partial charge in [-0.2, -0.15) is 0 Å². The number of nitrogens with one attached hydrogen (secondary N) is 1. The van der Waals surface area contributed by atoms with Crippen LogP contribution in [-0.2, 0) is 4.79 Å². The first-order valence-corrected chi connectivity index (χ1v) is 6.97. The standard InChI is InChI=1S/C16H21N3O/c1-4-16(17,5-2)15(20)19-14-10-11(3)18-13-9-7-6-8-12(13)14/h6-10H,4-5,17H2,1-3H3,(H,18,19,20). The molecule has 1 amide bonds. The number of carbonyl (C=O) groups is 1. The second-order valence-corrected chi connectivity index (χ2v) is 5.15. The Morgan fingerprint density at radius 2 is 1.95 bits per heavy atom. The van der Waals surface area contributed by atoms with Crippen LogP contribution in [0.1, 0.15) is 32.4 Å². The highest BCUT2D eigenvalue weighted by atomic mass is 16.2. The smallest absolute Gasteiger partial charge is 0.244 e. The Hall–Kier alpha value is -1.94. The van der Waals surface area contributed by atoms with Gasteiger partial charge >= 0.3 is 0 Å². The molecule has 0 spiro atoms. The summed E-state index contributed by atoms with van der Waals surface area (Å²) in [4.78, 5) is 16.9. The maximum absolute atomic E-state index is 12.4. The number of pyridine rings is 1. The molecule has 0 saturated heterocycles. The Kier molecular flexibility index (Phi) is 4.04. The van der Waals surface area contributed by atoms with Crippen molar-refractivity contribution in [2.75, 3.05) is 5.32 Å². The molecule has 20 heavy (non-hydrogen) atoms. The lowest BCUT2D eigenvalue weighted by Crippen LogP contribution is -2.50. The van der Waals surface area contributed by atoms with E-state index in [0.29, 0.717) is 12.8 Å². The second-order valence-electron chi connectivity index (χ2n) is 5.15. The molecule has 1 aromatic heterocycles. The second kappa shape index (κ2) is 5.59. The SMILES string of the molecule is CCC(N)(CC)C(=O)Nc1cc(C)nc2ccccc12. The average molecular weight is 271 g/mol. The minimum Gasteiger partial charge on any atom is -0.324 e. The number of benzene rings is 1. The van der Waals surface area contributed by atoms with E-state index in [9.17, 15) is 4.79 Å². The minimum atomic E-state index is -0.821. The molecule has 0 fully saturated rings. The van der Waals surface area contributed by atoms with Gasteiger partial charge in [0.15, 0.2) is 0 Å². The number of nitrogens with zero attached hydrogens (tertiary/aromatic N) is 1. The molecule has 0 aliphatic carbocycles. The van der Waals surface area contributed by atoms with Crippen LogP contribution >= 0.6 is 0 Å². The monoisotopic (exact) mass is 271 g/mol. The van der Waals surface area contributed by atoms with E-state index in [1.165, 1.54) is 0 Å². The summed E-state index contributed by atoms with van der Waals surface area (Å²) in [6.45, 7) is 5.77. The van der Waals surface area contributed by atoms with Gasteiger partial charge in [-0.25, -0.2) is 0 Å². The van der Waals surface area contributed by atoms with Crippen LogP contribution in [0.2, 0.25) is 0 Å². The number of hydrogen-bond acceptors (Lipinski definition) is 3. The largest absolute Gasteiger partial charge is 0.324 e. The fourth-order valence-corrected chi connectivity index (χ4v) is 2.23. The van der Waals surface area contributed by atoms with Crippen molar-refractivity contribution in [3.8, 4) is 0 Å². The molecule has 1 aromatic carbocycles. The molecule has 0 radical (unpaired) electrons. The van der Waals surface area contributed by atoms with Crippen LogP contribution in [0, 0.1) is 6.92 Å². The predicted molar refractivity (Wildman–Crippen MR) is 82.6 cm³/mol. The Labute approximate surface area is 119 Å². The molecule has 0 unspecified atom stereocenters. The summed E-state index contributed by atoms with van der Waals surface area (Å²) < 4.78 is 0. The van der Waals surface area contributed by atoms with Crippen molar-refractivity contribution in [2.24, 2.45) is 5.73 Å². The van der Waals surface area contributed by atoms with Crippen LogP contribution in [0.3, 0.4) is 0 Å². The van der Waals surface area contributed by atoms with E-state index >= 15 is 0 Å². The number of amides is 1. The van der Waals surface area contributed by atoms with Gasteiger partial charge in [-0.3, -0.25) is 9.78 Å². The zero-order valence-corrected chi connectivity index (χ0v) is 12.2. The zero-order chi connectivity index (χ0) is 14.8. The lowest BCUT2D eigenvalue weighted by molar-refractivity contribution is -0.121. The summed E-state index contributed by atoms with van der Waals surface area (Å²) in [5, 5.41) is 3.90. The van der Waals surface area contributed by atoms with Crippen LogP contribution in [0.4, 0.5) is 5.69 Å². The maximum Gasteiger partial charge on any atom is 0.244 e. The van der Waals surface area contributed by atoms with Crippen LogP contribution in [0.5, 0.6) is 0 Å². The molecule has 106 valence electrons. The van der Waals surface area contributed by atoms with Crippen molar-refractivity contribution < 1.29 is 4.79 Å². The van der Waals surface area contributed by atoms with Crippen molar-refractivity contribution in [1.82, 2.24) is 4.98 Å². The molecule has 0 saturated carbocycles. The van der Waals surface area contributed by atoms with Gasteiger partial charge in [0, 0.05) is 11.1 Å². The molecule has 4 nitrogen and oxygen atoms in total. The van der Waals surface area contributed by atoms with E-state index in [4.69, 9.17) is 5.73 Å². The van der Waals surface area contributed by atoms with Gasteiger partial charge in [-0.05, 0) is 31.9 Å². The van der Waals surface area contributed by atoms with Gasteiger partial charge < -0.3 is 11.1 Å². The lowest BCUT2D eigenvalue weighted by Gasteiger charge is -2.25. The van der Waals surface area contributed by atoms with Crippen molar-refractivity contribution in [2.45, 2.75) is 39.2 Å². The van der Waals surface area contributed by atoms with Gasteiger partial charge in [0.25, 0.3) is 0 Å². The number of fused-ring (bicyclic) bond motifs is 1. The van der Waals surface area contributed by atoms with Crippen molar-refractivity contribution in [3.05, 3.63) is 36.0 Å². The number of hydrogen-bond donors (Lipinski definition) is 2. The highest BCUT2D eigenvalue weighted by Gasteiger charge is 2.30. The Balaban J connectivity index is 2.41. The first-order chi connectivity index (χ1) is 9.50. The molecular weight excluding hydrogens is 250 g/mol. The Morgan fingerprint density at radius 3 is 2.60 bits per heavy atom. The third-order valence-corrected chi connectivity index (χ3v) is 3.81. The molecule has 0 aliphatic rings. The summed E-state index contributed by atoms with van der Waals surface area (Å²) in [6.07, 6.45) is 1.22. The number of anilines is 1. The minimum absolute atomic E-state index is 0.141. The van der Waals surface area contributed by atoms with E-state index in [1.54, 1.807) is 0 Å². The van der Waals surface area contributed by atoms with E-state index in [-0.39, 0.29) is 5.91 Å². The van der Waals surface area contributed by atoms with Crippen LogP contribution in [0.25, 0.3) is 10.9 Å². The molecule has 0 bridgehead atoms. The molecule has 0 aliphatic heterocycles. The first kappa shape index (κ1) is 14.5. The molecule has 3 N–H and O–H groups in total. The van der Waals surface area contributed by atoms with E-state index < -0.39 is 5.54 Å². The van der Waals surface area contributed by atoms with Gasteiger partial charge in [-0.1, -0.05) is 32.0 Å². The Morgan fingerprint density at radius 1 is 1.30 bits per heavy atom. The summed E-state index contributed by atoms with van der Waals surface area (Å²) in [5.74, 6) is -0.141. The highest BCUT2D eigenvalue weighted by molar-refractivity contribution is 6.04. The Bertz CT molecular complexity index is 633. The summed E-state index contributed by atoms with van der Waals surface area (Å²) >= 11 is 0. The van der Waals surface area contributed by atoms with Crippen LogP contribution < -0.4 is 11.1 Å². The predicted octanol–water partition coefficient (Wildman–Crippen LogP) is 3.00. The third kappa shape index (κ3) is 2.65. The average Bonchev–Trinajstić information content (AvgIpc) is 2.46. The number of para-hydroxylation sites is 1. The zero-order valence-electron chi connectivity index (χ0n) is 12.2. The van der Waals surface area contributed by atoms with Crippen molar-refractivity contribution in [1.29, 1.82) is 0 Å².